The molecule has 5 heteroatoms. The van der Waals surface area contributed by atoms with Crippen LogP contribution in [0.1, 0.15) is 31.2 Å². The molecule has 2 N–H and O–H groups in total. The van der Waals surface area contributed by atoms with Crippen LogP contribution in [-0.4, -0.2) is 5.78 Å². The van der Waals surface area contributed by atoms with Crippen molar-refractivity contribution in [2.24, 2.45) is 11.7 Å². The molecule has 1 aromatic carbocycles. The van der Waals surface area contributed by atoms with Crippen molar-refractivity contribution in [1.82, 2.24) is 0 Å². The van der Waals surface area contributed by atoms with Crippen molar-refractivity contribution in [3.63, 3.8) is 0 Å². The lowest BCUT2D eigenvalue weighted by molar-refractivity contribution is -0.117. The van der Waals surface area contributed by atoms with E-state index in [1.807, 2.05) is 13.0 Å². The number of nitrogens with two attached hydrogens (primary N) is 1. The lowest BCUT2D eigenvalue weighted by Gasteiger charge is -2.32. The molecule has 1 aromatic rings. The summed E-state index contributed by atoms with van der Waals surface area (Å²) in [5.74, 6) is -0.245. The van der Waals surface area contributed by atoms with E-state index in [9.17, 15) is 14.4 Å². The van der Waals surface area contributed by atoms with Crippen molar-refractivity contribution in [2.45, 2.75) is 25.7 Å². The molecule has 2 atom stereocenters. The quantitative estimate of drug-likeness (QED) is 0.865. The van der Waals surface area contributed by atoms with Gasteiger partial charge in [0.15, 0.2) is 5.78 Å². The highest BCUT2D eigenvalue weighted by Crippen LogP contribution is 2.44. The summed E-state index contributed by atoms with van der Waals surface area (Å²) in [6.07, 6.45) is 1.02. The second-order valence-electron chi connectivity index (χ2n) is 5.75. The van der Waals surface area contributed by atoms with Crippen LogP contribution in [0.3, 0.4) is 0 Å². The van der Waals surface area contributed by atoms with E-state index < -0.39 is 5.92 Å². The minimum absolute atomic E-state index is 0.0254. The van der Waals surface area contributed by atoms with Gasteiger partial charge in [-0.1, -0.05) is 19.1 Å². The van der Waals surface area contributed by atoms with Crippen LogP contribution >= 0.6 is 0 Å². The Kier molecular flexibility index (Phi) is 3.45. The molecule has 22 heavy (non-hydrogen) atoms. The maximum absolute atomic E-state index is 13.2. The summed E-state index contributed by atoms with van der Waals surface area (Å²) in [6, 6.07) is 7.81. The molecule has 2 aliphatic rings. The van der Waals surface area contributed by atoms with Gasteiger partial charge in [-0.25, -0.2) is 4.39 Å². The molecule has 0 saturated heterocycles. The normalized spacial score (nSPS) is 24.7. The molecule has 0 spiro atoms. The summed E-state index contributed by atoms with van der Waals surface area (Å²) in [5.41, 5.74) is 7.21. The lowest BCUT2D eigenvalue weighted by atomic mass is 9.75. The number of nitrogens with zero attached hydrogens (tertiary/aromatic N) is 1. The SMILES string of the molecule is C[C@@H]1CC(=O)C2=C(C1)OC(N)=C(C#N)[C@H]2c1ccc(F)cc1. The fraction of sp³-hybridized carbons (Fsp3) is 0.294. The molecule has 1 aliphatic heterocycles. The van der Waals surface area contributed by atoms with E-state index in [4.69, 9.17) is 10.5 Å². The number of hydrogen-bond acceptors (Lipinski definition) is 4. The molecule has 0 fully saturated rings. The van der Waals surface area contributed by atoms with Gasteiger partial charge < -0.3 is 10.5 Å². The topological polar surface area (TPSA) is 76.1 Å². The molecule has 1 aliphatic carbocycles. The van der Waals surface area contributed by atoms with Gasteiger partial charge in [0, 0.05) is 18.4 Å². The summed E-state index contributed by atoms with van der Waals surface area (Å²) < 4.78 is 18.7. The molecule has 0 aromatic heterocycles. The highest BCUT2D eigenvalue weighted by Gasteiger charge is 2.39. The molecule has 112 valence electrons. The first-order valence-electron chi connectivity index (χ1n) is 7.10. The van der Waals surface area contributed by atoms with Gasteiger partial charge in [-0.15, -0.1) is 0 Å². The maximum atomic E-state index is 13.2. The molecule has 0 radical (unpaired) electrons. The number of halogens is 1. The van der Waals surface area contributed by atoms with E-state index >= 15 is 0 Å². The van der Waals surface area contributed by atoms with Crippen LogP contribution in [0.25, 0.3) is 0 Å². The zero-order chi connectivity index (χ0) is 15.9. The predicted molar refractivity (Wildman–Crippen MR) is 77.5 cm³/mol. The average Bonchev–Trinajstić information content (AvgIpc) is 2.46. The van der Waals surface area contributed by atoms with Crippen molar-refractivity contribution in [2.75, 3.05) is 0 Å². The number of carbonyl (C=O) groups excluding carboxylic acids is 1. The molecule has 0 bridgehead atoms. The Bertz CT molecular complexity index is 741. The highest BCUT2D eigenvalue weighted by atomic mass is 19.1. The third-order valence-electron chi connectivity index (χ3n) is 4.07. The summed E-state index contributed by atoms with van der Waals surface area (Å²) in [5, 5.41) is 9.40. The summed E-state index contributed by atoms with van der Waals surface area (Å²) in [4.78, 5) is 12.5. The van der Waals surface area contributed by atoms with Crippen LogP contribution in [0.5, 0.6) is 0 Å². The first-order valence-corrected chi connectivity index (χ1v) is 7.10. The minimum atomic E-state index is -0.575. The number of ether oxygens (including phenoxy) is 1. The number of rotatable bonds is 1. The van der Waals surface area contributed by atoms with Gasteiger partial charge in [0.1, 0.15) is 23.2 Å². The van der Waals surface area contributed by atoms with Gasteiger partial charge in [0.2, 0.25) is 5.88 Å². The average molecular weight is 298 g/mol. The van der Waals surface area contributed by atoms with Crippen molar-refractivity contribution in [3.8, 4) is 6.07 Å². The first kappa shape index (κ1) is 14.3. The van der Waals surface area contributed by atoms with E-state index in [1.165, 1.54) is 12.1 Å². The van der Waals surface area contributed by atoms with Crippen molar-refractivity contribution in [3.05, 3.63) is 58.4 Å². The Morgan fingerprint density at radius 3 is 2.64 bits per heavy atom. The first-order chi connectivity index (χ1) is 10.5. The van der Waals surface area contributed by atoms with Crippen LogP contribution in [0, 0.1) is 23.1 Å². The van der Waals surface area contributed by atoms with Crippen LogP contribution in [0.15, 0.2) is 47.1 Å². The Hall–Kier alpha value is -2.61. The maximum Gasteiger partial charge on any atom is 0.205 e. The van der Waals surface area contributed by atoms with Gasteiger partial charge in [-0.3, -0.25) is 4.79 Å². The number of ketones is 1. The fourth-order valence-electron chi connectivity index (χ4n) is 3.08. The summed E-state index contributed by atoms with van der Waals surface area (Å²) >= 11 is 0. The van der Waals surface area contributed by atoms with E-state index in [0.29, 0.717) is 29.7 Å². The molecule has 0 saturated carbocycles. The Balaban J connectivity index is 2.16. The van der Waals surface area contributed by atoms with Crippen molar-refractivity contribution in [1.29, 1.82) is 5.26 Å². The zero-order valence-electron chi connectivity index (χ0n) is 12.1. The molecule has 3 rings (SSSR count). The largest absolute Gasteiger partial charge is 0.444 e. The third kappa shape index (κ3) is 2.27. The Morgan fingerprint density at radius 1 is 1.32 bits per heavy atom. The van der Waals surface area contributed by atoms with E-state index in [-0.39, 0.29) is 29.0 Å². The molecule has 4 nitrogen and oxygen atoms in total. The van der Waals surface area contributed by atoms with Crippen LogP contribution < -0.4 is 5.73 Å². The van der Waals surface area contributed by atoms with Crippen LogP contribution in [0.4, 0.5) is 4.39 Å². The van der Waals surface area contributed by atoms with Crippen molar-refractivity contribution >= 4 is 5.78 Å². The standard InChI is InChI=1S/C17H15FN2O2/c1-9-6-13(21)16-14(7-9)22-17(20)12(8-19)15(16)10-2-4-11(18)5-3-10/h2-5,9,15H,6-7,20H2,1H3/t9-,15-/m1/s1. The van der Waals surface area contributed by atoms with Crippen molar-refractivity contribution < 1.29 is 13.9 Å². The molecule has 1 heterocycles. The molecular formula is C17H15FN2O2. The van der Waals surface area contributed by atoms with Gasteiger partial charge in [-0.2, -0.15) is 5.26 Å². The van der Waals surface area contributed by atoms with Crippen LogP contribution in [-0.2, 0) is 9.53 Å². The number of benzene rings is 1. The number of allylic oxidation sites excluding steroid dienone is 3. The monoisotopic (exact) mass is 298 g/mol. The van der Waals surface area contributed by atoms with Crippen LogP contribution in [0.2, 0.25) is 0 Å². The number of Topliss-reactive ketones (excluding diaryl/α,β-unsaturated/α-hetero) is 1. The van der Waals surface area contributed by atoms with E-state index in [1.54, 1.807) is 12.1 Å². The molecule has 0 amide bonds. The Morgan fingerprint density at radius 2 is 2.00 bits per heavy atom. The van der Waals surface area contributed by atoms with E-state index in [0.717, 1.165) is 0 Å². The smallest absolute Gasteiger partial charge is 0.205 e. The molecule has 0 unspecified atom stereocenters. The lowest BCUT2D eigenvalue weighted by Crippen LogP contribution is -2.29. The van der Waals surface area contributed by atoms with Gasteiger partial charge in [0.25, 0.3) is 0 Å². The number of nitriles is 1. The summed E-state index contributed by atoms with van der Waals surface area (Å²) in [7, 11) is 0. The second-order valence-corrected chi connectivity index (χ2v) is 5.75. The van der Waals surface area contributed by atoms with E-state index in [2.05, 4.69) is 0 Å². The Labute approximate surface area is 127 Å². The minimum Gasteiger partial charge on any atom is -0.444 e. The van der Waals surface area contributed by atoms with Gasteiger partial charge in [-0.05, 0) is 23.6 Å². The number of carbonyl (C=O) groups is 1. The second kappa shape index (κ2) is 5.30. The predicted octanol–water partition coefficient (Wildman–Crippen LogP) is 2.89. The van der Waals surface area contributed by atoms with Gasteiger partial charge in [0.05, 0.1) is 5.92 Å². The number of hydrogen-bond donors (Lipinski definition) is 1. The van der Waals surface area contributed by atoms with Gasteiger partial charge >= 0.3 is 0 Å². The third-order valence-corrected chi connectivity index (χ3v) is 4.07. The fourth-order valence-corrected chi connectivity index (χ4v) is 3.08. The highest BCUT2D eigenvalue weighted by molar-refractivity contribution is 5.99. The summed E-state index contributed by atoms with van der Waals surface area (Å²) in [6.45, 7) is 1.97. The zero-order valence-corrected chi connectivity index (χ0v) is 12.1. The molecular weight excluding hydrogens is 283 g/mol.